The Morgan fingerprint density at radius 2 is 2.17 bits per heavy atom. The molecular formula is C16H23N3O3S. The average Bonchev–Trinajstić information content (AvgIpc) is 2.83. The van der Waals surface area contributed by atoms with Crippen molar-refractivity contribution in [1.82, 2.24) is 9.62 Å². The number of hydrogen-bond acceptors (Lipinski definition) is 4. The number of sulfonamides is 1. The van der Waals surface area contributed by atoms with Crippen molar-refractivity contribution in [2.45, 2.75) is 38.1 Å². The van der Waals surface area contributed by atoms with Crippen molar-refractivity contribution < 1.29 is 13.2 Å². The van der Waals surface area contributed by atoms with E-state index in [-0.39, 0.29) is 30.7 Å². The summed E-state index contributed by atoms with van der Waals surface area (Å²) in [7, 11) is -3.13. The maximum absolute atomic E-state index is 12.2. The van der Waals surface area contributed by atoms with E-state index in [1.807, 2.05) is 18.2 Å². The molecule has 0 bridgehead atoms. The number of anilines is 1. The highest BCUT2D eigenvalue weighted by atomic mass is 32.2. The van der Waals surface area contributed by atoms with E-state index in [9.17, 15) is 13.2 Å². The molecule has 1 amide bonds. The summed E-state index contributed by atoms with van der Waals surface area (Å²) < 4.78 is 24.9. The van der Waals surface area contributed by atoms with E-state index in [1.54, 1.807) is 0 Å². The number of carbonyl (C=O) groups is 1. The second-order valence-electron chi connectivity index (χ2n) is 6.29. The first-order valence-electron chi connectivity index (χ1n) is 8.11. The van der Waals surface area contributed by atoms with Crippen molar-refractivity contribution in [3.8, 4) is 0 Å². The number of nitrogen functional groups attached to an aromatic ring is 1. The van der Waals surface area contributed by atoms with Gasteiger partial charge in [0.2, 0.25) is 15.9 Å². The molecule has 2 aliphatic rings. The first kappa shape index (κ1) is 16.3. The number of carbonyl (C=O) groups excluding carboxylic acids is 1. The summed E-state index contributed by atoms with van der Waals surface area (Å²) in [5.74, 6) is 0.105. The van der Waals surface area contributed by atoms with Crippen LogP contribution in [-0.4, -0.2) is 37.5 Å². The molecule has 3 rings (SSSR count). The van der Waals surface area contributed by atoms with Crippen molar-refractivity contribution >= 4 is 21.6 Å². The van der Waals surface area contributed by atoms with Gasteiger partial charge in [0.05, 0.1) is 11.8 Å². The molecule has 126 valence electrons. The quantitative estimate of drug-likeness (QED) is 0.807. The number of nitrogens with two attached hydrogens (primary N) is 1. The smallest absolute Gasteiger partial charge is 0.221 e. The van der Waals surface area contributed by atoms with Crippen LogP contribution in [0.3, 0.4) is 0 Å². The van der Waals surface area contributed by atoms with E-state index in [2.05, 4.69) is 5.32 Å². The van der Waals surface area contributed by atoms with Crippen LogP contribution in [-0.2, 0) is 21.2 Å². The minimum absolute atomic E-state index is 0.00188. The molecule has 0 radical (unpaired) electrons. The van der Waals surface area contributed by atoms with Crippen LogP contribution in [0.1, 0.15) is 42.9 Å². The number of hydrogen-bond donors (Lipinski definition) is 2. The van der Waals surface area contributed by atoms with E-state index < -0.39 is 10.0 Å². The number of fused-ring (bicyclic) bond motifs is 1. The molecule has 6 nitrogen and oxygen atoms in total. The Labute approximate surface area is 137 Å². The third kappa shape index (κ3) is 3.67. The predicted octanol–water partition coefficient (Wildman–Crippen LogP) is 1.19. The zero-order valence-corrected chi connectivity index (χ0v) is 13.9. The Kier molecular flexibility index (Phi) is 4.59. The minimum atomic E-state index is -3.13. The van der Waals surface area contributed by atoms with Crippen molar-refractivity contribution in [3.05, 3.63) is 29.3 Å². The molecule has 0 aromatic heterocycles. The molecule has 1 heterocycles. The maximum atomic E-state index is 12.2. The van der Waals surface area contributed by atoms with Gasteiger partial charge >= 0.3 is 0 Å². The van der Waals surface area contributed by atoms with E-state index in [4.69, 9.17) is 5.73 Å². The maximum Gasteiger partial charge on any atom is 0.221 e. The summed E-state index contributed by atoms with van der Waals surface area (Å²) in [5, 5.41) is 3.04. The Hall–Kier alpha value is -1.60. The summed E-state index contributed by atoms with van der Waals surface area (Å²) >= 11 is 0. The van der Waals surface area contributed by atoms with E-state index in [0.29, 0.717) is 13.0 Å². The highest BCUT2D eigenvalue weighted by Crippen LogP contribution is 2.31. The number of nitrogens with zero attached hydrogens (tertiary/aromatic N) is 1. The normalized spacial score (nSPS) is 23.4. The number of rotatable bonds is 4. The van der Waals surface area contributed by atoms with Crippen LogP contribution >= 0.6 is 0 Å². The monoisotopic (exact) mass is 337 g/mol. The van der Waals surface area contributed by atoms with Gasteiger partial charge in [0.25, 0.3) is 0 Å². The molecule has 1 atom stereocenters. The van der Waals surface area contributed by atoms with Gasteiger partial charge in [-0.05, 0) is 48.9 Å². The summed E-state index contributed by atoms with van der Waals surface area (Å²) in [6, 6.07) is 5.83. The van der Waals surface area contributed by atoms with Crippen molar-refractivity contribution in [2.75, 3.05) is 24.6 Å². The molecule has 1 fully saturated rings. The number of benzene rings is 1. The van der Waals surface area contributed by atoms with Gasteiger partial charge in [-0.1, -0.05) is 6.07 Å². The lowest BCUT2D eigenvalue weighted by Crippen LogP contribution is -2.35. The average molecular weight is 337 g/mol. The molecule has 3 N–H and O–H groups in total. The largest absolute Gasteiger partial charge is 0.399 e. The summed E-state index contributed by atoms with van der Waals surface area (Å²) in [4.78, 5) is 12.2. The Morgan fingerprint density at radius 3 is 2.91 bits per heavy atom. The second kappa shape index (κ2) is 6.49. The zero-order chi connectivity index (χ0) is 16.4. The molecule has 1 unspecified atom stereocenters. The Bertz CT molecular complexity index is 703. The van der Waals surface area contributed by atoms with Gasteiger partial charge in [0, 0.05) is 25.2 Å². The molecule has 1 aromatic rings. The molecule has 1 aliphatic carbocycles. The minimum Gasteiger partial charge on any atom is -0.399 e. The molecule has 1 aromatic carbocycles. The summed E-state index contributed by atoms with van der Waals surface area (Å²) in [6.07, 6.45) is 3.77. The number of amides is 1. The SMILES string of the molecule is Nc1ccc2c(c1)CCCC2NC(=O)CCN1CCCS1(=O)=O. The third-order valence-electron chi connectivity index (χ3n) is 4.61. The molecule has 0 saturated carbocycles. The molecule has 0 spiro atoms. The van der Waals surface area contributed by atoms with Crippen molar-refractivity contribution in [1.29, 1.82) is 0 Å². The number of nitrogens with one attached hydrogen (secondary N) is 1. The molecule has 1 saturated heterocycles. The fourth-order valence-electron chi connectivity index (χ4n) is 3.42. The highest BCUT2D eigenvalue weighted by molar-refractivity contribution is 7.89. The molecular weight excluding hydrogens is 314 g/mol. The van der Waals surface area contributed by atoms with Gasteiger partial charge in [0.1, 0.15) is 0 Å². The lowest BCUT2D eigenvalue weighted by Gasteiger charge is -2.27. The molecule has 1 aliphatic heterocycles. The van der Waals surface area contributed by atoms with Crippen LogP contribution in [0.15, 0.2) is 18.2 Å². The highest BCUT2D eigenvalue weighted by Gasteiger charge is 2.28. The van der Waals surface area contributed by atoms with Crippen LogP contribution in [0.5, 0.6) is 0 Å². The molecule has 7 heteroatoms. The number of aryl methyl sites for hydroxylation is 1. The second-order valence-corrected chi connectivity index (χ2v) is 8.38. The van der Waals surface area contributed by atoms with Gasteiger partial charge in [-0.25, -0.2) is 12.7 Å². The van der Waals surface area contributed by atoms with Crippen molar-refractivity contribution in [2.24, 2.45) is 0 Å². The van der Waals surface area contributed by atoms with E-state index in [0.717, 1.165) is 30.5 Å². The first-order chi connectivity index (χ1) is 11.0. The van der Waals surface area contributed by atoms with Crippen LogP contribution in [0.25, 0.3) is 0 Å². The van der Waals surface area contributed by atoms with E-state index >= 15 is 0 Å². The Morgan fingerprint density at radius 1 is 1.35 bits per heavy atom. The van der Waals surface area contributed by atoms with Gasteiger partial charge < -0.3 is 11.1 Å². The lowest BCUT2D eigenvalue weighted by molar-refractivity contribution is -0.122. The fraction of sp³-hybridized carbons (Fsp3) is 0.562. The van der Waals surface area contributed by atoms with Crippen molar-refractivity contribution in [3.63, 3.8) is 0 Å². The standard InChI is InChI=1S/C16H23N3O3S/c17-13-5-6-14-12(11-13)3-1-4-15(14)18-16(20)7-9-19-8-2-10-23(19,21)22/h5-6,11,15H,1-4,7-10,17H2,(H,18,20). The van der Waals surface area contributed by atoms with Crippen LogP contribution in [0.2, 0.25) is 0 Å². The Balaban J connectivity index is 1.59. The van der Waals surface area contributed by atoms with Gasteiger partial charge in [-0.3, -0.25) is 4.79 Å². The third-order valence-corrected chi connectivity index (χ3v) is 6.56. The lowest BCUT2D eigenvalue weighted by atomic mass is 9.87. The van der Waals surface area contributed by atoms with E-state index in [1.165, 1.54) is 9.87 Å². The van der Waals surface area contributed by atoms with Gasteiger partial charge in [-0.15, -0.1) is 0 Å². The molecule has 23 heavy (non-hydrogen) atoms. The summed E-state index contributed by atoms with van der Waals surface area (Å²) in [5.41, 5.74) is 8.90. The zero-order valence-electron chi connectivity index (χ0n) is 13.1. The predicted molar refractivity (Wildman–Crippen MR) is 89.3 cm³/mol. The first-order valence-corrected chi connectivity index (χ1v) is 9.72. The van der Waals surface area contributed by atoms with Gasteiger partial charge in [-0.2, -0.15) is 0 Å². The topological polar surface area (TPSA) is 92.5 Å². The van der Waals surface area contributed by atoms with Crippen LogP contribution < -0.4 is 11.1 Å². The summed E-state index contributed by atoms with van der Waals surface area (Å²) in [6.45, 7) is 0.802. The van der Waals surface area contributed by atoms with Gasteiger partial charge in [0.15, 0.2) is 0 Å². The van der Waals surface area contributed by atoms with Crippen LogP contribution in [0, 0.1) is 0 Å². The van der Waals surface area contributed by atoms with Crippen LogP contribution in [0.4, 0.5) is 5.69 Å². The fourth-order valence-corrected chi connectivity index (χ4v) is 4.95.